The Bertz CT molecular complexity index is 1100. The summed E-state index contributed by atoms with van der Waals surface area (Å²) in [5.74, 6) is 0.0765. The summed E-state index contributed by atoms with van der Waals surface area (Å²) >= 11 is 0. The molecule has 1 aliphatic rings. The zero-order chi connectivity index (χ0) is 23.4. The maximum absolute atomic E-state index is 13.3. The fraction of sp³-hybridized carbons (Fsp3) is 0.407. The number of para-hydroxylation sites is 1. The molecule has 2 heterocycles. The van der Waals surface area contributed by atoms with Gasteiger partial charge >= 0.3 is 0 Å². The van der Waals surface area contributed by atoms with Gasteiger partial charge in [0.05, 0.1) is 12.5 Å². The summed E-state index contributed by atoms with van der Waals surface area (Å²) in [6, 6.07) is 15.9. The van der Waals surface area contributed by atoms with Gasteiger partial charge in [-0.05, 0) is 62.9 Å². The standard InChI is InChI=1S/C27H33N3O3/c1-4-30(26(31)15-21-17-28-24-8-6-5-7-23(21)24)22-13-14-33-25(16-22)19-9-11-20(12-10-19)27(32)29-18(2)3/h5-12,17-18,22,25,28H,4,13-16H2,1-3H3,(H,29,32)/t22-,25+/m1/s1. The van der Waals surface area contributed by atoms with Crippen LogP contribution in [0, 0.1) is 0 Å². The van der Waals surface area contributed by atoms with Crippen molar-refractivity contribution in [2.45, 2.75) is 58.2 Å². The number of benzene rings is 2. The first-order valence-corrected chi connectivity index (χ1v) is 11.8. The molecule has 1 aliphatic heterocycles. The molecule has 2 atom stereocenters. The fourth-order valence-corrected chi connectivity index (χ4v) is 4.67. The molecule has 0 saturated carbocycles. The van der Waals surface area contributed by atoms with Crippen LogP contribution in [-0.4, -0.2) is 46.9 Å². The van der Waals surface area contributed by atoms with Gasteiger partial charge in [-0.15, -0.1) is 0 Å². The molecule has 33 heavy (non-hydrogen) atoms. The van der Waals surface area contributed by atoms with Gasteiger partial charge in [0.1, 0.15) is 0 Å². The van der Waals surface area contributed by atoms with E-state index in [1.54, 1.807) is 0 Å². The van der Waals surface area contributed by atoms with Gasteiger partial charge in [-0.1, -0.05) is 30.3 Å². The van der Waals surface area contributed by atoms with Crippen LogP contribution in [0.3, 0.4) is 0 Å². The minimum atomic E-state index is -0.0825. The van der Waals surface area contributed by atoms with E-state index in [-0.39, 0.29) is 30.0 Å². The van der Waals surface area contributed by atoms with E-state index in [1.165, 1.54) is 0 Å². The van der Waals surface area contributed by atoms with Crippen molar-refractivity contribution in [1.29, 1.82) is 0 Å². The SMILES string of the molecule is CCN(C(=O)Cc1c[nH]c2ccccc12)[C@@H]1CCO[C@H](c2ccc(C(=O)NC(C)C)cc2)C1. The van der Waals surface area contributed by atoms with E-state index < -0.39 is 0 Å². The van der Waals surface area contributed by atoms with Crippen LogP contribution in [0.2, 0.25) is 0 Å². The highest BCUT2D eigenvalue weighted by molar-refractivity contribution is 5.94. The summed E-state index contributed by atoms with van der Waals surface area (Å²) < 4.78 is 6.05. The Morgan fingerprint density at radius 1 is 1.15 bits per heavy atom. The molecule has 1 aromatic heterocycles. The second-order valence-electron chi connectivity index (χ2n) is 9.00. The minimum absolute atomic E-state index is 0.0703. The number of H-pyrrole nitrogens is 1. The average Bonchev–Trinajstić information content (AvgIpc) is 3.22. The van der Waals surface area contributed by atoms with Crippen LogP contribution in [0.5, 0.6) is 0 Å². The highest BCUT2D eigenvalue weighted by atomic mass is 16.5. The Hall–Kier alpha value is -3.12. The van der Waals surface area contributed by atoms with Crippen LogP contribution in [0.15, 0.2) is 54.7 Å². The van der Waals surface area contributed by atoms with Crippen LogP contribution in [0.1, 0.15) is 61.2 Å². The maximum Gasteiger partial charge on any atom is 0.251 e. The summed E-state index contributed by atoms with van der Waals surface area (Å²) in [6.07, 6.45) is 3.84. The number of nitrogens with one attached hydrogen (secondary N) is 2. The number of rotatable bonds is 7. The van der Waals surface area contributed by atoms with Crippen LogP contribution >= 0.6 is 0 Å². The Morgan fingerprint density at radius 3 is 2.64 bits per heavy atom. The van der Waals surface area contributed by atoms with Crippen molar-refractivity contribution < 1.29 is 14.3 Å². The summed E-state index contributed by atoms with van der Waals surface area (Å²) in [4.78, 5) is 30.7. The normalized spacial score (nSPS) is 18.4. The highest BCUT2D eigenvalue weighted by Gasteiger charge is 2.30. The molecule has 6 nitrogen and oxygen atoms in total. The van der Waals surface area contributed by atoms with Crippen LogP contribution in [-0.2, 0) is 16.0 Å². The van der Waals surface area contributed by atoms with E-state index in [0.29, 0.717) is 25.1 Å². The molecule has 4 rings (SSSR count). The van der Waals surface area contributed by atoms with E-state index in [4.69, 9.17) is 4.74 Å². The molecule has 2 amide bonds. The summed E-state index contributed by atoms with van der Waals surface area (Å²) in [6.45, 7) is 7.22. The lowest BCUT2D eigenvalue weighted by atomic mass is 9.95. The molecule has 1 saturated heterocycles. The van der Waals surface area contributed by atoms with E-state index in [0.717, 1.165) is 34.9 Å². The Morgan fingerprint density at radius 2 is 1.91 bits per heavy atom. The molecule has 0 bridgehead atoms. The van der Waals surface area contributed by atoms with Gasteiger partial charge in [0.15, 0.2) is 0 Å². The lowest BCUT2D eigenvalue weighted by molar-refractivity contribution is -0.135. The van der Waals surface area contributed by atoms with Crippen molar-refractivity contribution >= 4 is 22.7 Å². The molecule has 174 valence electrons. The van der Waals surface area contributed by atoms with Crippen molar-refractivity contribution in [3.05, 3.63) is 71.4 Å². The number of carbonyl (C=O) groups excluding carboxylic acids is 2. The summed E-state index contributed by atoms with van der Waals surface area (Å²) in [5, 5.41) is 4.02. The number of ether oxygens (including phenoxy) is 1. The van der Waals surface area contributed by atoms with Crippen molar-refractivity contribution in [3.8, 4) is 0 Å². The number of hydrogen-bond donors (Lipinski definition) is 2. The van der Waals surface area contributed by atoms with Gasteiger partial charge in [-0.2, -0.15) is 0 Å². The zero-order valence-corrected chi connectivity index (χ0v) is 19.6. The molecule has 6 heteroatoms. The van der Waals surface area contributed by atoms with Gasteiger partial charge in [0.2, 0.25) is 5.91 Å². The second kappa shape index (κ2) is 10.2. The summed E-state index contributed by atoms with van der Waals surface area (Å²) in [7, 11) is 0. The molecule has 1 fully saturated rings. The summed E-state index contributed by atoms with van der Waals surface area (Å²) in [5.41, 5.74) is 3.78. The number of carbonyl (C=O) groups is 2. The zero-order valence-electron chi connectivity index (χ0n) is 19.6. The number of aromatic nitrogens is 1. The third kappa shape index (κ3) is 5.28. The van der Waals surface area contributed by atoms with Crippen LogP contribution in [0.4, 0.5) is 0 Å². The number of amides is 2. The molecule has 0 spiro atoms. The van der Waals surface area contributed by atoms with Crippen molar-refractivity contribution in [2.24, 2.45) is 0 Å². The lowest BCUT2D eigenvalue weighted by Gasteiger charge is -2.37. The van der Waals surface area contributed by atoms with Gasteiger partial charge < -0.3 is 19.9 Å². The second-order valence-corrected chi connectivity index (χ2v) is 9.00. The van der Waals surface area contributed by atoms with Gasteiger partial charge in [0.25, 0.3) is 5.91 Å². The number of nitrogens with zero attached hydrogens (tertiary/aromatic N) is 1. The minimum Gasteiger partial charge on any atom is -0.373 e. The van der Waals surface area contributed by atoms with Crippen LogP contribution < -0.4 is 5.32 Å². The van der Waals surface area contributed by atoms with E-state index >= 15 is 0 Å². The smallest absolute Gasteiger partial charge is 0.251 e. The molecular weight excluding hydrogens is 414 g/mol. The largest absolute Gasteiger partial charge is 0.373 e. The molecule has 2 aromatic carbocycles. The molecule has 0 radical (unpaired) electrons. The van der Waals surface area contributed by atoms with Crippen molar-refractivity contribution in [2.75, 3.05) is 13.2 Å². The Balaban J connectivity index is 1.43. The van der Waals surface area contributed by atoms with Crippen molar-refractivity contribution in [3.63, 3.8) is 0 Å². The van der Waals surface area contributed by atoms with Gasteiger partial charge in [0, 0.05) is 47.9 Å². The third-order valence-corrected chi connectivity index (χ3v) is 6.34. The number of likely N-dealkylation sites (N-methyl/N-ethyl adjacent to an activating group) is 1. The van der Waals surface area contributed by atoms with E-state index in [2.05, 4.69) is 16.4 Å². The number of hydrogen-bond acceptors (Lipinski definition) is 3. The highest BCUT2D eigenvalue weighted by Crippen LogP contribution is 2.31. The van der Waals surface area contributed by atoms with Gasteiger partial charge in [-0.3, -0.25) is 9.59 Å². The lowest BCUT2D eigenvalue weighted by Crippen LogP contribution is -2.44. The van der Waals surface area contributed by atoms with Crippen LogP contribution in [0.25, 0.3) is 10.9 Å². The topological polar surface area (TPSA) is 74.4 Å². The molecule has 3 aromatic rings. The predicted molar refractivity (Wildman–Crippen MR) is 130 cm³/mol. The number of fused-ring (bicyclic) bond motifs is 1. The molecule has 0 aliphatic carbocycles. The average molecular weight is 448 g/mol. The van der Waals surface area contributed by atoms with E-state index in [1.807, 2.05) is 74.3 Å². The molecular formula is C27H33N3O3. The molecule has 2 N–H and O–H groups in total. The first-order chi connectivity index (χ1) is 16.0. The first-order valence-electron chi connectivity index (χ1n) is 11.8. The first kappa shape index (κ1) is 23.1. The molecule has 0 unspecified atom stereocenters. The van der Waals surface area contributed by atoms with E-state index in [9.17, 15) is 9.59 Å². The predicted octanol–water partition coefficient (Wildman–Crippen LogP) is 4.62. The Kier molecular flexibility index (Phi) is 7.14. The Labute approximate surface area is 195 Å². The van der Waals surface area contributed by atoms with Gasteiger partial charge in [-0.25, -0.2) is 0 Å². The van der Waals surface area contributed by atoms with Crippen molar-refractivity contribution in [1.82, 2.24) is 15.2 Å². The number of aromatic amines is 1. The maximum atomic E-state index is 13.3. The third-order valence-electron chi connectivity index (χ3n) is 6.34. The monoisotopic (exact) mass is 447 g/mol. The quantitative estimate of drug-likeness (QED) is 0.555. The fourth-order valence-electron chi connectivity index (χ4n) is 4.67.